The zero-order valence-electron chi connectivity index (χ0n) is 36.4. The van der Waals surface area contributed by atoms with Gasteiger partial charge in [-0.2, -0.15) is 0 Å². The van der Waals surface area contributed by atoms with Crippen molar-refractivity contribution in [2.75, 3.05) is 82.1 Å². The van der Waals surface area contributed by atoms with Gasteiger partial charge in [-0.15, -0.1) is 0 Å². The van der Waals surface area contributed by atoms with Crippen LogP contribution in [0, 0.1) is 0 Å². The lowest BCUT2D eigenvalue weighted by molar-refractivity contribution is 0.102. The quantitative estimate of drug-likeness (QED) is 0.0332. The molecule has 0 saturated carbocycles. The van der Waals surface area contributed by atoms with Crippen molar-refractivity contribution in [1.29, 1.82) is 0 Å². The van der Waals surface area contributed by atoms with Crippen molar-refractivity contribution < 1.29 is 28.5 Å². The highest BCUT2D eigenvalue weighted by atomic mass is 79.9. The monoisotopic (exact) mass is 956 g/mol. The standard InChI is InChI=1S/C24H28N4O3S.C14H20N2OS.C10H9BrO2/c1-3-28(4-2)12-14-30-19-8-6-18(7-9-19)26-24-27-23(25)22(32-24)21(29)17-5-10-20-16(15-17)11-13-31-20;1-3-16(4-2)10-11-17-14-7-5-13(6-8-14)15-9-12-18;11-6-9(12)7-1-2-10-8(5-7)3-4-13-10/h5-10,15H,3-4,11-14,25H2,1-2H3,(H,26,27);5-9,12H,3-4,10-11H2,1-2H3;1-2,5H,3-4,6H2. The van der Waals surface area contributed by atoms with Crippen LogP contribution in [-0.4, -0.2) is 109 Å². The van der Waals surface area contributed by atoms with Crippen molar-refractivity contribution in [3.63, 3.8) is 0 Å². The molecule has 3 N–H and O–H groups in total. The summed E-state index contributed by atoms with van der Waals surface area (Å²) in [4.78, 5) is 37.9. The molecule has 5 aromatic rings. The van der Waals surface area contributed by atoms with Crippen LogP contribution < -0.4 is 30.0 Å². The molecule has 0 fully saturated rings. The molecule has 3 heterocycles. The molecule has 1 aromatic heterocycles. The number of nitrogens with two attached hydrogens (primary N) is 1. The van der Waals surface area contributed by atoms with Crippen molar-refractivity contribution in [3.05, 3.63) is 112 Å². The molecule has 0 unspecified atom stereocenters. The van der Waals surface area contributed by atoms with Crippen LogP contribution in [-0.2, 0) is 12.8 Å². The van der Waals surface area contributed by atoms with Gasteiger partial charge in [-0.3, -0.25) is 14.6 Å². The minimum Gasteiger partial charge on any atom is -0.493 e. The third-order valence-electron chi connectivity index (χ3n) is 10.3. The Morgan fingerprint density at radius 2 is 1.33 bits per heavy atom. The fourth-order valence-electron chi connectivity index (χ4n) is 6.61. The number of Topliss-reactive ketones (excluding diaryl/α,β-unsaturated/α-hetero) is 1. The number of rotatable bonds is 20. The fourth-order valence-corrected chi connectivity index (χ4v) is 7.86. The Kier molecular flexibility index (Phi) is 20.0. The van der Waals surface area contributed by atoms with Gasteiger partial charge >= 0.3 is 0 Å². The Labute approximate surface area is 388 Å². The number of nitrogens with zero attached hydrogens (tertiary/aromatic N) is 4. The van der Waals surface area contributed by atoms with Crippen LogP contribution in [0.25, 0.3) is 0 Å². The first-order valence-corrected chi connectivity index (χ1v) is 23.7. The van der Waals surface area contributed by atoms with Gasteiger partial charge in [0.15, 0.2) is 10.9 Å². The molecule has 0 spiro atoms. The second kappa shape index (κ2) is 25.8. The molecule has 2 aliphatic rings. The highest BCUT2D eigenvalue weighted by Crippen LogP contribution is 2.33. The number of nitrogens with one attached hydrogen (secondary N) is 1. The van der Waals surface area contributed by atoms with Crippen molar-refractivity contribution in [3.8, 4) is 23.0 Å². The van der Waals surface area contributed by atoms with Crippen LogP contribution in [0.15, 0.2) is 89.9 Å². The van der Waals surface area contributed by atoms with E-state index in [1.165, 1.54) is 16.7 Å². The number of ketones is 2. The molecule has 0 saturated heterocycles. The Morgan fingerprint density at radius 1 is 0.810 bits per heavy atom. The summed E-state index contributed by atoms with van der Waals surface area (Å²) in [5.74, 6) is 3.69. The summed E-state index contributed by atoms with van der Waals surface area (Å²) in [6.07, 6.45) is 3.33. The number of hydrogen-bond donors (Lipinski definition) is 2. The number of ether oxygens (including phenoxy) is 4. The molecule has 0 radical (unpaired) electrons. The van der Waals surface area contributed by atoms with Gasteiger partial charge in [0.1, 0.15) is 46.9 Å². The molecule has 12 nitrogen and oxygen atoms in total. The van der Waals surface area contributed by atoms with Gasteiger partial charge in [0, 0.05) is 54.3 Å². The van der Waals surface area contributed by atoms with E-state index in [4.69, 9.17) is 24.7 Å². The van der Waals surface area contributed by atoms with Crippen LogP contribution in [0.3, 0.4) is 0 Å². The number of alkyl halides is 1. The maximum Gasteiger partial charge on any atom is 0.206 e. The van der Waals surface area contributed by atoms with E-state index in [0.29, 0.717) is 40.7 Å². The number of aliphatic imine (C=N–C) groups is 1. The summed E-state index contributed by atoms with van der Waals surface area (Å²) >= 11 is 9.08. The van der Waals surface area contributed by atoms with Crippen molar-refractivity contribution in [2.45, 2.75) is 40.5 Å². The van der Waals surface area contributed by atoms with E-state index in [-0.39, 0.29) is 17.4 Å². The van der Waals surface area contributed by atoms with E-state index in [2.05, 4.69) is 80.9 Å². The zero-order valence-corrected chi connectivity index (χ0v) is 39.7. The molecule has 334 valence electrons. The molecular formula is C48H57BrN6O6S2. The van der Waals surface area contributed by atoms with Crippen molar-refractivity contribution in [2.24, 2.45) is 4.99 Å². The molecule has 2 aliphatic heterocycles. The van der Waals surface area contributed by atoms with Gasteiger partial charge < -0.3 is 39.8 Å². The fraction of sp³-hybridized carbons (Fsp3) is 0.354. The normalized spacial score (nSPS) is 12.3. The number of anilines is 3. The van der Waals surface area contributed by atoms with E-state index in [1.54, 1.807) is 12.3 Å². The SMILES string of the molecule is CCN(CC)CCOc1ccc(N=CC=S)cc1.CCN(CC)CCOc1ccc(Nc2nc(N)c(C(=O)c3ccc4c(c3)CCO4)s2)cc1.O=C(CBr)c1ccc2c(c1)CCO2. The number of likely N-dealkylation sites (N-methyl/N-ethyl adjacent to an activating group) is 2. The van der Waals surface area contributed by atoms with Gasteiger partial charge in [0.05, 0.1) is 24.2 Å². The summed E-state index contributed by atoms with van der Waals surface area (Å²) in [5, 5.41) is 5.68. The third-order valence-corrected chi connectivity index (χ3v) is 11.9. The number of carbonyl (C=O) groups is 2. The molecule has 4 aromatic carbocycles. The second-order valence-electron chi connectivity index (χ2n) is 14.3. The minimum absolute atomic E-state index is 0.120. The summed E-state index contributed by atoms with van der Waals surface area (Å²) < 4.78 is 22.4. The number of nitrogen functional groups attached to an aromatic ring is 1. The van der Waals surface area contributed by atoms with Crippen molar-refractivity contribution in [1.82, 2.24) is 14.8 Å². The van der Waals surface area contributed by atoms with Crippen LogP contribution in [0.4, 0.5) is 22.3 Å². The maximum absolute atomic E-state index is 13.0. The average molecular weight is 958 g/mol. The Hall–Kier alpha value is -5.19. The van der Waals surface area contributed by atoms with Gasteiger partial charge in [0.25, 0.3) is 0 Å². The first-order valence-electron chi connectivity index (χ1n) is 21.2. The molecule has 0 amide bonds. The third kappa shape index (κ3) is 15.0. The average Bonchev–Trinajstić information content (AvgIpc) is 4.09. The van der Waals surface area contributed by atoms with E-state index in [9.17, 15) is 9.59 Å². The van der Waals surface area contributed by atoms with Gasteiger partial charge in [-0.1, -0.05) is 67.2 Å². The number of thiazole rings is 1. The van der Waals surface area contributed by atoms with Crippen LogP contribution >= 0.6 is 39.5 Å². The number of fused-ring (bicyclic) bond motifs is 2. The predicted octanol–water partition coefficient (Wildman–Crippen LogP) is 9.66. The molecule has 0 atom stereocenters. The number of halogens is 1. The van der Waals surface area contributed by atoms with Gasteiger partial charge in [-0.05, 0) is 122 Å². The number of benzene rings is 4. The van der Waals surface area contributed by atoms with Crippen LogP contribution in [0.2, 0.25) is 0 Å². The van der Waals surface area contributed by atoms with E-state index in [1.807, 2.05) is 78.9 Å². The Bertz CT molecular complexity index is 2260. The van der Waals surface area contributed by atoms with E-state index < -0.39 is 0 Å². The zero-order chi connectivity index (χ0) is 45.0. The molecule has 63 heavy (non-hydrogen) atoms. The second-order valence-corrected chi connectivity index (χ2v) is 16.1. The summed E-state index contributed by atoms with van der Waals surface area (Å²) in [6.45, 7) is 17.4. The first-order chi connectivity index (χ1) is 30.7. The van der Waals surface area contributed by atoms with E-state index >= 15 is 0 Å². The Balaban J connectivity index is 0.000000202. The molecule has 7 rings (SSSR count). The largest absolute Gasteiger partial charge is 0.493 e. The van der Waals surface area contributed by atoms with Gasteiger partial charge in [-0.25, -0.2) is 4.98 Å². The summed E-state index contributed by atoms with van der Waals surface area (Å²) in [6, 6.07) is 26.5. The molecular weight excluding hydrogens is 901 g/mol. The highest BCUT2D eigenvalue weighted by molar-refractivity contribution is 9.09. The lowest BCUT2D eigenvalue weighted by atomic mass is 10.0. The number of carbonyl (C=O) groups excluding carboxylic acids is 2. The van der Waals surface area contributed by atoms with Crippen molar-refractivity contribution >= 4 is 85.0 Å². The maximum atomic E-state index is 13.0. The Morgan fingerprint density at radius 3 is 1.86 bits per heavy atom. The number of thiocarbonyl (C=S) groups is 1. The minimum atomic E-state index is -0.125. The van der Waals surface area contributed by atoms with Crippen LogP contribution in [0.5, 0.6) is 23.0 Å². The predicted molar refractivity (Wildman–Crippen MR) is 264 cm³/mol. The molecule has 15 heteroatoms. The molecule has 0 bridgehead atoms. The number of hydrogen-bond acceptors (Lipinski definition) is 14. The molecule has 0 aliphatic carbocycles. The lowest BCUT2D eigenvalue weighted by Gasteiger charge is -2.18. The summed E-state index contributed by atoms with van der Waals surface area (Å²) in [5.41, 5.74) is 11.4. The number of aromatic nitrogens is 1. The summed E-state index contributed by atoms with van der Waals surface area (Å²) in [7, 11) is 0. The highest BCUT2D eigenvalue weighted by Gasteiger charge is 2.21. The smallest absolute Gasteiger partial charge is 0.206 e. The lowest BCUT2D eigenvalue weighted by Crippen LogP contribution is -2.27. The van der Waals surface area contributed by atoms with Crippen LogP contribution in [0.1, 0.15) is 64.4 Å². The van der Waals surface area contributed by atoms with Gasteiger partial charge in [0.2, 0.25) is 5.78 Å². The topological polar surface area (TPSA) is 141 Å². The first kappa shape index (κ1) is 48.8. The van der Waals surface area contributed by atoms with E-state index in [0.717, 1.165) is 110 Å².